The van der Waals surface area contributed by atoms with Crippen LogP contribution in [0.2, 0.25) is 0 Å². The third kappa shape index (κ3) is 3.43. The first kappa shape index (κ1) is 13.3. The van der Waals surface area contributed by atoms with Gasteiger partial charge in [0.15, 0.2) is 0 Å². The minimum absolute atomic E-state index is 0.542. The van der Waals surface area contributed by atoms with Crippen LogP contribution in [0, 0.1) is 0 Å². The van der Waals surface area contributed by atoms with Crippen molar-refractivity contribution in [3.8, 4) is 0 Å². The van der Waals surface area contributed by atoms with E-state index in [0.717, 1.165) is 20.9 Å². The van der Waals surface area contributed by atoms with Gasteiger partial charge in [0.2, 0.25) is 0 Å². The zero-order valence-electron chi connectivity index (χ0n) is 9.61. The van der Waals surface area contributed by atoms with Crippen LogP contribution in [0.4, 0.5) is 5.82 Å². The van der Waals surface area contributed by atoms with Crippen molar-refractivity contribution >= 4 is 43.8 Å². The van der Waals surface area contributed by atoms with Crippen molar-refractivity contribution < 1.29 is 0 Å². The van der Waals surface area contributed by atoms with Crippen molar-refractivity contribution in [3.63, 3.8) is 0 Å². The summed E-state index contributed by atoms with van der Waals surface area (Å²) in [6, 6.07) is 12.3. The first-order chi connectivity index (χ1) is 8.66. The maximum atomic E-state index is 5.93. The fourth-order valence-corrected chi connectivity index (χ4v) is 2.23. The smallest absolute Gasteiger partial charge is 0.130 e. The Hall–Kier alpha value is -1.13. The van der Waals surface area contributed by atoms with Crippen molar-refractivity contribution in [1.82, 2.24) is 4.98 Å². The monoisotopic (exact) mass is 366 g/mol. The molecule has 0 unspecified atom stereocenters. The van der Waals surface area contributed by atoms with E-state index in [1.807, 2.05) is 30.3 Å². The Labute approximate surface area is 123 Å². The molecule has 18 heavy (non-hydrogen) atoms. The lowest BCUT2D eigenvalue weighted by atomic mass is 10.0. The quantitative estimate of drug-likeness (QED) is 0.876. The Morgan fingerprint density at radius 2 is 1.89 bits per heavy atom. The van der Waals surface area contributed by atoms with E-state index in [9.17, 15) is 0 Å². The number of hydrogen-bond acceptors (Lipinski definition) is 2. The van der Waals surface area contributed by atoms with Crippen molar-refractivity contribution in [3.05, 3.63) is 62.7 Å². The number of hydrogen-bond donors (Lipinski definition) is 1. The lowest BCUT2D eigenvalue weighted by molar-refractivity contribution is 1.16. The predicted octanol–water partition coefficient (Wildman–Crippen LogP) is 4.34. The van der Waals surface area contributed by atoms with Gasteiger partial charge in [-0.2, -0.15) is 0 Å². The maximum Gasteiger partial charge on any atom is 0.130 e. The summed E-state index contributed by atoms with van der Waals surface area (Å²) < 4.78 is 0.851. The van der Waals surface area contributed by atoms with Crippen molar-refractivity contribution in [2.24, 2.45) is 0 Å². The number of anilines is 1. The molecule has 0 atom stereocenters. The lowest BCUT2D eigenvalue weighted by Crippen LogP contribution is -1.99. The van der Waals surface area contributed by atoms with Crippen molar-refractivity contribution in [2.75, 3.05) is 5.73 Å². The summed E-state index contributed by atoms with van der Waals surface area (Å²) in [5.74, 6) is 0.542. The van der Waals surface area contributed by atoms with Crippen LogP contribution in [0.25, 0.3) is 6.08 Å². The fraction of sp³-hybridized carbons (Fsp3) is 0.0714. The Morgan fingerprint density at radius 3 is 2.56 bits per heavy atom. The van der Waals surface area contributed by atoms with Crippen LogP contribution < -0.4 is 5.73 Å². The molecule has 2 aromatic rings. The average molecular weight is 368 g/mol. The summed E-state index contributed by atoms with van der Waals surface area (Å²) in [4.78, 5) is 4.13. The van der Waals surface area contributed by atoms with E-state index in [4.69, 9.17) is 5.73 Å². The largest absolute Gasteiger partial charge is 0.383 e. The van der Waals surface area contributed by atoms with Crippen LogP contribution in [0.15, 0.2) is 46.0 Å². The van der Waals surface area contributed by atoms with Gasteiger partial charge in [-0.15, -0.1) is 0 Å². The number of nitrogen functional groups attached to an aromatic ring is 1. The molecule has 1 aromatic carbocycles. The Balaban J connectivity index is 2.39. The maximum absolute atomic E-state index is 5.93. The topological polar surface area (TPSA) is 38.9 Å². The summed E-state index contributed by atoms with van der Waals surface area (Å²) in [5, 5.41) is 0. The third-order valence-corrected chi connectivity index (χ3v) is 3.06. The second kappa shape index (κ2) is 6.16. The van der Waals surface area contributed by atoms with Crippen molar-refractivity contribution in [2.45, 2.75) is 6.42 Å². The van der Waals surface area contributed by atoms with Crippen molar-refractivity contribution in [1.29, 1.82) is 0 Å². The van der Waals surface area contributed by atoms with E-state index in [1.54, 1.807) is 6.20 Å². The number of nitrogens with two attached hydrogens (primary N) is 1. The molecule has 0 saturated heterocycles. The average Bonchev–Trinajstić information content (AvgIpc) is 2.34. The zero-order valence-corrected chi connectivity index (χ0v) is 12.8. The van der Waals surface area contributed by atoms with Gasteiger partial charge in [0, 0.05) is 11.8 Å². The highest BCUT2D eigenvalue weighted by Crippen LogP contribution is 2.25. The van der Waals surface area contributed by atoms with Gasteiger partial charge >= 0.3 is 0 Å². The van der Waals surface area contributed by atoms with Gasteiger partial charge < -0.3 is 5.73 Å². The molecule has 0 amide bonds. The third-order valence-electron chi connectivity index (χ3n) is 2.60. The fourth-order valence-electron chi connectivity index (χ4n) is 1.78. The lowest BCUT2D eigenvalue weighted by Gasteiger charge is -2.08. The number of pyridine rings is 1. The first-order valence-electron chi connectivity index (χ1n) is 5.47. The highest BCUT2D eigenvalue weighted by atomic mass is 79.9. The molecule has 0 radical (unpaired) electrons. The summed E-state index contributed by atoms with van der Waals surface area (Å²) >= 11 is 6.72. The highest BCUT2D eigenvalue weighted by molar-refractivity contribution is 9.28. The molecule has 0 aliphatic heterocycles. The van der Waals surface area contributed by atoms with Gasteiger partial charge in [0.1, 0.15) is 5.82 Å². The molecule has 0 aliphatic rings. The molecular formula is C14H12Br2N2. The molecule has 0 spiro atoms. The van der Waals surface area contributed by atoms with Crippen LogP contribution in [-0.4, -0.2) is 4.98 Å². The number of nitrogens with zero attached hydrogens (tertiary/aromatic N) is 1. The molecule has 4 heteroatoms. The normalized spacial score (nSPS) is 10.1. The minimum atomic E-state index is 0.542. The molecule has 92 valence electrons. The SMILES string of the molecule is Nc1nccc(Cc2ccccc2)c1C=C(Br)Br. The Bertz CT molecular complexity index is 561. The first-order valence-corrected chi connectivity index (χ1v) is 7.05. The molecule has 1 aromatic heterocycles. The van der Waals surface area contributed by atoms with Crippen LogP contribution in [0.1, 0.15) is 16.7 Å². The van der Waals surface area contributed by atoms with Crippen LogP contribution >= 0.6 is 31.9 Å². The van der Waals surface area contributed by atoms with E-state index >= 15 is 0 Å². The van der Waals surface area contributed by atoms with Gasteiger partial charge in [0.25, 0.3) is 0 Å². The molecule has 0 fully saturated rings. The molecule has 0 bridgehead atoms. The van der Waals surface area contributed by atoms with E-state index in [2.05, 4.69) is 49.0 Å². The molecule has 2 rings (SSSR count). The predicted molar refractivity (Wildman–Crippen MR) is 83.7 cm³/mol. The number of benzene rings is 1. The Kier molecular flexibility index (Phi) is 4.55. The summed E-state index contributed by atoms with van der Waals surface area (Å²) in [7, 11) is 0. The van der Waals surface area contributed by atoms with Gasteiger partial charge in [-0.1, -0.05) is 30.3 Å². The van der Waals surface area contributed by atoms with Crippen LogP contribution in [-0.2, 0) is 6.42 Å². The van der Waals surface area contributed by atoms with Gasteiger partial charge in [0.05, 0.1) is 3.39 Å². The molecule has 2 nitrogen and oxygen atoms in total. The standard InChI is InChI=1S/C14H12Br2N2/c15-13(16)9-12-11(6-7-18-14(12)17)8-10-4-2-1-3-5-10/h1-7,9H,8H2,(H2,17,18). The zero-order chi connectivity index (χ0) is 13.0. The van der Waals surface area contributed by atoms with E-state index in [1.165, 1.54) is 5.56 Å². The minimum Gasteiger partial charge on any atom is -0.383 e. The summed E-state index contributed by atoms with van der Waals surface area (Å²) in [5.41, 5.74) is 9.29. The second-order valence-electron chi connectivity index (χ2n) is 3.87. The van der Waals surface area contributed by atoms with Crippen LogP contribution in [0.3, 0.4) is 0 Å². The van der Waals surface area contributed by atoms with E-state index in [0.29, 0.717) is 5.82 Å². The highest BCUT2D eigenvalue weighted by Gasteiger charge is 2.06. The molecule has 2 N–H and O–H groups in total. The van der Waals surface area contributed by atoms with Gasteiger partial charge in [-0.3, -0.25) is 0 Å². The van der Waals surface area contributed by atoms with Gasteiger partial charge in [-0.25, -0.2) is 4.98 Å². The number of aromatic nitrogens is 1. The van der Waals surface area contributed by atoms with Crippen LogP contribution in [0.5, 0.6) is 0 Å². The van der Waals surface area contributed by atoms with E-state index < -0.39 is 0 Å². The molecule has 0 saturated carbocycles. The number of rotatable bonds is 3. The number of halogens is 2. The molecule has 0 aliphatic carbocycles. The second-order valence-corrected chi connectivity index (χ2v) is 6.64. The molecule has 1 heterocycles. The van der Waals surface area contributed by atoms with Gasteiger partial charge in [-0.05, 0) is 61.5 Å². The van der Waals surface area contributed by atoms with E-state index in [-0.39, 0.29) is 0 Å². The summed E-state index contributed by atoms with van der Waals surface area (Å²) in [6.45, 7) is 0. The Morgan fingerprint density at radius 1 is 1.17 bits per heavy atom. The molecular weight excluding hydrogens is 356 g/mol. The summed E-state index contributed by atoms with van der Waals surface area (Å²) in [6.07, 6.45) is 4.51.